The zero-order chi connectivity index (χ0) is 17.1. The fourth-order valence-electron chi connectivity index (χ4n) is 4.77. The Balaban J connectivity index is 1.62. The van der Waals surface area contributed by atoms with Crippen molar-refractivity contribution in [3.63, 3.8) is 0 Å². The van der Waals surface area contributed by atoms with Crippen molar-refractivity contribution >= 4 is 11.9 Å². The molecule has 3 rings (SSSR count). The van der Waals surface area contributed by atoms with Crippen molar-refractivity contribution in [2.24, 2.45) is 29.6 Å². The van der Waals surface area contributed by atoms with Crippen molar-refractivity contribution < 1.29 is 14.3 Å². The zero-order valence-electron chi connectivity index (χ0n) is 14.5. The number of esters is 1. The Hall–Kier alpha value is -1.84. The number of hydrogen-bond donors (Lipinski definition) is 1. The van der Waals surface area contributed by atoms with E-state index in [1.165, 1.54) is 26.4 Å². The molecule has 4 nitrogen and oxygen atoms in total. The molecule has 5 atom stereocenters. The lowest BCUT2D eigenvalue weighted by molar-refractivity contribution is -0.150. The number of amides is 1. The summed E-state index contributed by atoms with van der Waals surface area (Å²) in [7, 11) is 1.47. The van der Waals surface area contributed by atoms with Crippen LogP contribution in [0.15, 0.2) is 30.3 Å². The Bertz CT molecular complexity index is 586. The Morgan fingerprint density at radius 1 is 1.21 bits per heavy atom. The minimum absolute atomic E-state index is 0.0782. The fourth-order valence-corrected chi connectivity index (χ4v) is 4.77. The molecular formula is C20H27NO3. The molecule has 0 heterocycles. The van der Waals surface area contributed by atoms with Crippen molar-refractivity contribution in [1.29, 1.82) is 0 Å². The van der Waals surface area contributed by atoms with E-state index in [4.69, 9.17) is 4.74 Å². The highest BCUT2D eigenvalue weighted by molar-refractivity contribution is 5.94. The first-order valence-corrected chi connectivity index (χ1v) is 9.01. The highest BCUT2D eigenvalue weighted by atomic mass is 16.5. The summed E-state index contributed by atoms with van der Waals surface area (Å²) in [4.78, 5) is 24.6. The van der Waals surface area contributed by atoms with E-state index in [1.807, 2.05) is 18.2 Å². The third-order valence-corrected chi connectivity index (χ3v) is 5.96. The number of rotatable bonds is 6. The van der Waals surface area contributed by atoms with Crippen LogP contribution in [0.4, 0.5) is 0 Å². The summed E-state index contributed by atoms with van der Waals surface area (Å²) in [6.45, 7) is 2.56. The molecular weight excluding hydrogens is 302 g/mol. The van der Waals surface area contributed by atoms with Gasteiger partial charge in [-0.05, 0) is 55.1 Å². The van der Waals surface area contributed by atoms with Gasteiger partial charge in [0, 0.05) is 12.1 Å². The molecule has 130 valence electrons. The van der Waals surface area contributed by atoms with Crippen LogP contribution in [0.3, 0.4) is 0 Å². The Morgan fingerprint density at radius 3 is 2.54 bits per heavy atom. The van der Waals surface area contributed by atoms with E-state index in [0.29, 0.717) is 23.9 Å². The molecule has 0 spiro atoms. The quantitative estimate of drug-likeness (QED) is 0.815. The number of carbonyl (C=O) groups is 2. The van der Waals surface area contributed by atoms with Crippen LogP contribution in [0.1, 0.15) is 43.0 Å². The van der Waals surface area contributed by atoms with Crippen molar-refractivity contribution in [2.45, 2.75) is 32.6 Å². The SMILES string of the molecule is COC(=O)C(C(C)CNC(=O)c1ccccc1)C1CC2CCC1C2. The zero-order valence-corrected chi connectivity index (χ0v) is 14.5. The van der Waals surface area contributed by atoms with Crippen LogP contribution in [-0.4, -0.2) is 25.5 Å². The normalized spacial score (nSPS) is 27.5. The van der Waals surface area contributed by atoms with Gasteiger partial charge in [0.2, 0.25) is 0 Å². The van der Waals surface area contributed by atoms with Gasteiger partial charge in [0.05, 0.1) is 13.0 Å². The number of hydrogen-bond acceptors (Lipinski definition) is 3. The summed E-state index contributed by atoms with van der Waals surface area (Å²) in [6.07, 6.45) is 4.96. The molecule has 0 radical (unpaired) electrons. The van der Waals surface area contributed by atoms with Crippen molar-refractivity contribution in [1.82, 2.24) is 5.32 Å². The lowest BCUT2D eigenvalue weighted by Crippen LogP contribution is -2.39. The van der Waals surface area contributed by atoms with Gasteiger partial charge in [-0.3, -0.25) is 9.59 Å². The Kier molecular flexibility index (Phi) is 5.22. The maximum absolute atomic E-state index is 12.4. The van der Waals surface area contributed by atoms with Crippen molar-refractivity contribution in [3.8, 4) is 0 Å². The molecule has 2 saturated carbocycles. The molecule has 0 aliphatic heterocycles. The van der Waals surface area contributed by atoms with Gasteiger partial charge in [0.1, 0.15) is 0 Å². The number of ether oxygens (including phenoxy) is 1. The summed E-state index contributed by atoms with van der Waals surface area (Å²) in [5.41, 5.74) is 0.652. The van der Waals surface area contributed by atoms with Crippen molar-refractivity contribution in [3.05, 3.63) is 35.9 Å². The molecule has 2 bridgehead atoms. The van der Waals surface area contributed by atoms with Gasteiger partial charge in [-0.1, -0.05) is 31.5 Å². The van der Waals surface area contributed by atoms with E-state index in [1.54, 1.807) is 12.1 Å². The first kappa shape index (κ1) is 17.0. The number of benzene rings is 1. The molecule has 1 N–H and O–H groups in total. The van der Waals surface area contributed by atoms with Crippen LogP contribution in [0.5, 0.6) is 0 Å². The average Bonchev–Trinajstić information content (AvgIpc) is 3.23. The smallest absolute Gasteiger partial charge is 0.309 e. The van der Waals surface area contributed by atoms with Gasteiger partial charge >= 0.3 is 5.97 Å². The lowest BCUT2D eigenvalue weighted by atomic mass is 9.74. The van der Waals surface area contributed by atoms with Crippen molar-refractivity contribution in [2.75, 3.05) is 13.7 Å². The molecule has 2 aliphatic carbocycles. The van der Waals surface area contributed by atoms with Crippen LogP contribution >= 0.6 is 0 Å². The van der Waals surface area contributed by atoms with Crippen LogP contribution in [0, 0.1) is 29.6 Å². The molecule has 0 aromatic heterocycles. The minimum Gasteiger partial charge on any atom is -0.469 e. The predicted octanol–water partition coefficient (Wildman–Crippen LogP) is 3.28. The molecule has 24 heavy (non-hydrogen) atoms. The molecule has 5 unspecified atom stereocenters. The van der Waals surface area contributed by atoms with E-state index in [0.717, 1.165) is 12.3 Å². The van der Waals surface area contributed by atoms with E-state index in [2.05, 4.69) is 12.2 Å². The van der Waals surface area contributed by atoms with Gasteiger partial charge in [0.15, 0.2) is 0 Å². The third kappa shape index (κ3) is 3.47. The number of carbonyl (C=O) groups excluding carboxylic acids is 2. The van der Waals surface area contributed by atoms with E-state index in [9.17, 15) is 9.59 Å². The van der Waals surface area contributed by atoms with Crippen LogP contribution in [0.2, 0.25) is 0 Å². The first-order chi connectivity index (χ1) is 11.6. The number of nitrogens with one attached hydrogen (secondary N) is 1. The van der Waals surface area contributed by atoms with Gasteiger partial charge in [-0.25, -0.2) is 0 Å². The maximum atomic E-state index is 12.4. The number of fused-ring (bicyclic) bond motifs is 2. The maximum Gasteiger partial charge on any atom is 0.309 e. The monoisotopic (exact) mass is 329 g/mol. The second kappa shape index (κ2) is 7.37. The van der Waals surface area contributed by atoms with Gasteiger partial charge in [-0.15, -0.1) is 0 Å². The topological polar surface area (TPSA) is 55.4 Å². The van der Waals surface area contributed by atoms with E-state index in [-0.39, 0.29) is 23.7 Å². The van der Waals surface area contributed by atoms with Gasteiger partial charge in [-0.2, -0.15) is 0 Å². The van der Waals surface area contributed by atoms with Gasteiger partial charge < -0.3 is 10.1 Å². The highest BCUT2D eigenvalue weighted by Gasteiger charge is 2.47. The van der Waals surface area contributed by atoms with Gasteiger partial charge in [0.25, 0.3) is 5.91 Å². The predicted molar refractivity (Wildman–Crippen MR) is 92.4 cm³/mol. The summed E-state index contributed by atoms with van der Waals surface area (Å²) >= 11 is 0. The Morgan fingerprint density at radius 2 is 1.96 bits per heavy atom. The number of methoxy groups -OCH3 is 1. The summed E-state index contributed by atoms with van der Waals surface area (Å²) in [5, 5.41) is 2.98. The molecule has 4 heteroatoms. The summed E-state index contributed by atoms with van der Waals surface area (Å²) in [6, 6.07) is 9.19. The average molecular weight is 329 g/mol. The molecule has 1 aromatic rings. The minimum atomic E-state index is -0.117. The standard InChI is InChI=1S/C20H27NO3/c1-13(12-21-19(22)15-6-4-3-5-7-15)18(20(23)24-2)17-11-14-8-9-16(17)10-14/h3-7,13-14,16-18H,8-12H2,1-2H3,(H,21,22). The summed E-state index contributed by atoms with van der Waals surface area (Å²) in [5.74, 6) is 1.63. The second-order valence-electron chi connectivity index (χ2n) is 7.44. The van der Waals surface area contributed by atoms with E-state index < -0.39 is 0 Å². The summed E-state index contributed by atoms with van der Waals surface area (Å²) < 4.78 is 5.09. The second-order valence-corrected chi connectivity index (χ2v) is 7.44. The van der Waals surface area contributed by atoms with E-state index >= 15 is 0 Å². The molecule has 1 amide bonds. The largest absolute Gasteiger partial charge is 0.469 e. The molecule has 0 saturated heterocycles. The van der Waals surface area contributed by atoms with Crippen LogP contribution in [-0.2, 0) is 9.53 Å². The molecule has 2 fully saturated rings. The van der Waals surface area contributed by atoms with Crippen LogP contribution in [0.25, 0.3) is 0 Å². The highest BCUT2D eigenvalue weighted by Crippen LogP contribution is 2.52. The first-order valence-electron chi connectivity index (χ1n) is 9.01. The molecule has 1 aromatic carbocycles. The molecule has 2 aliphatic rings. The lowest BCUT2D eigenvalue weighted by Gasteiger charge is -2.32. The fraction of sp³-hybridized carbons (Fsp3) is 0.600. The van der Waals surface area contributed by atoms with Crippen LogP contribution < -0.4 is 5.32 Å². The third-order valence-electron chi connectivity index (χ3n) is 5.96. The Labute approximate surface area is 144 Å².